The van der Waals surface area contributed by atoms with Gasteiger partial charge in [0.05, 0.1) is 6.04 Å². The number of benzene rings is 2. The second-order valence-electron chi connectivity index (χ2n) is 4.88. The summed E-state index contributed by atoms with van der Waals surface area (Å²) in [5.74, 6) is 0.928. The molecule has 4 N–H and O–H groups in total. The lowest BCUT2D eigenvalue weighted by Gasteiger charge is -2.05. The molecule has 3 aromatic rings. The van der Waals surface area contributed by atoms with E-state index in [0.29, 0.717) is 23.8 Å². The highest BCUT2D eigenvalue weighted by molar-refractivity contribution is 5.60. The third-order valence-corrected chi connectivity index (χ3v) is 3.20. The average molecular weight is 280 g/mol. The molecule has 2 aromatic carbocycles. The maximum Gasteiger partial charge on any atom is 0.244 e. The predicted octanol–water partition coefficient (Wildman–Crippen LogP) is 2.56. The van der Waals surface area contributed by atoms with Gasteiger partial charge in [0.2, 0.25) is 11.7 Å². The van der Waals surface area contributed by atoms with Crippen molar-refractivity contribution in [3.63, 3.8) is 0 Å². The van der Waals surface area contributed by atoms with E-state index in [0.717, 1.165) is 11.1 Å². The van der Waals surface area contributed by atoms with E-state index >= 15 is 0 Å². The molecule has 0 saturated carbocycles. The molecule has 5 nitrogen and oxygen atoms in total. The normalized spacial score (nSPS) is 12.2. The van der Waals surface area contributed by atoms with Gasteiger partial charge in [-0.05, 0) is 24.1 Å². The average Bonchev–Trinajstić information content (AvgIpc) is 2.98. The highest BCUT2D eigenvalue weighted by atomic mass is 16.5. The van der Waals surface area contributed by atoms with Crippen molar-refractivity contribution in [2.45, 2.75) is 12.5 Å². The van der Waals surface area contributed by atoms with Crippen molar-refractivity contribution in [3.05, 3.63) is 66.1 Å². The molecule has 0 radical (unpaired) electrons. The summed E-state index contributed by atoms with van der Waals surface area (Å²) in [5.41, 5.74) is 14.5. The Balaban J connectivity index is 1.78. The van der Waals surface area contributed by atoms with E-state index in [9.17, 15) is 0 Å². The zero-order chi connectivity index (χ0) is 14.7. The number of nitrogen functional groups attached to an aromatic ring is 1. The van der Waals surface area contributed by atoms with Crippen LogP contribution in [0, 0.1) is 0 Å². The van der Waals surface area contributed by atoms with Crippen LogP contribution in [0.4, 0.5) is 5.69 Å². The van der Waals surface area contributed by atoms with Crippen LogP contribution in [0.3, 0.4) is 0 Å². The van der Waals surface area contributed by atoms with Crippen LogP contribution in [0.15, 0.2) is 59.1 Å². The molecule has 0 fully saturated rings. The monoisotopic (exact) mass is 280 g/mol. The van der Waals surface area contributed by atoms with Gasteiger partial charge in [-0.15, -0.1) is 0 Å². The molecule has 1 heterocycles. The van der Waals surface area contributed by atoms with Crippen LogP contribution in [0.25, 0.3) is 11.4 Å². The van der Waals surface area contributed by atoms with E-state index in [1.54, 1.807) is 6.07 Å². The number of rotatable bonds is 4. The summed E-state index contributed by atoms with van der Waals surface area (Å²) in [6, 6.07) is 17.0. The van der Waals surface area contributed by atoms with Gasteiger partial charge in [-0.2, -0.15) is 4.98 Å². The Morgan fingerprint density at radius 3 is 2.62 bits per heavy atom. The summed E-state index contributed by atoms with van der Waals surface area (Å²) in [6.07, 6.45) is 0.652. The minimum absolute atomic E-state index is 0.324. The minimum Gasteiger partial charge on any atom is -0.399 e. The summed E-state index contributed by atoms with van der Waals surface area (Å²) in [5, 5.41) is 3.97. The molecule has 1 aromatic heterocycles. The number of hydrogen-bond acceptors (Lipinski definition) is 5. The number of hydrogen-bond donors (Lipinski definition) is 2. The zero-order valence-electron chi connectivity index (χ0n) is 11.4. The summed E-state index contributed by atoms with van der Waals surface area (Å²) < 4.78 is 5.27. The van der Waals surface area contributed by atoms with Gasteiger partial charge >= 0.3 is 0 Å². The van der Waals surface area contributed by atoms with Gasteiger partial charge < -0.3 is 16.0 Å². The first kappa shape index (κ1) is 13.3. The van der Waals surface area contributed by atoms with Gasteiger partial charge in [0.25, 0.3) is 0 Å². The highest BCUT2D eigenvalue weighted by Crippen LogP contribution is 2.21. The van der Waals surface area contributed by atoms with E-state index < -0.39 is 0 Å². The summed E-state index contributed by atoms with van der Waals surface area (Å²) in [4.78, 5) is 4.36. The number of nitrogens with zero attached hydrogens (tertiary/aromatic N) is 2. The van der Waals surface area contributed by atoms with Crippen molar-refractivity contribution in [1.82, 2.24) is 10.1 Å². The van der Waals surface area contributed by atoms with Gasteiger partial charge in [-0.3, -0.25) is 0 Å². The fourth-order valence-corrected chi connectivity index (χ4v) is 2.14. The molecular weight excluding hydrogens is 264 g/mol. The number of nitrogens with two attached hydrogens (primary N) is 2. The molecule has 106 valence electrons. The molecule has 0 aliphatic heterocycles. The fraction of sp³-hybridized carbons (Fsp3) is 0.125. The van der Waals surface area contributed by atoms with Crippen molar-refractivity contribution in [2.75, 3.05) is 5.73 Å². The van der Waals surface area contributed by atoms with E-state index in [1.165, 1.54) is 0 Å². The van der Waals surface area contributed by atoms with E-state index in [4.69, 9.17) is 16.0 Å². The summed E-state index contributed by atoms with van der Waals surface area (Å²) >= 11 is 0. The Hall–Kier alpha value is -2.66. The first-order valence-electron chi connectivity index (χ1n) is 6.71. The first-order chi connectivity index (χ1) is 10.2. The highest BCUT2D eigenvalue weighted by Gasteiger charge is 2.16. The van der Waals surface area contributed by atoms with Crippen LogP contribution in [-0.4, -0.2) is 10.1 Å². The van der Waals surface area contributed by atoms with Crippen molar-refractivity contribution in [2.24, 2.45) is 5.73 Å². The molecule has 1 atom stereocenters. The van der Waals surface area contributed by atoms with Crippen molar-refractivity contribution in [3.8, 4) is 11.4 Å². The van der Waals surface area contributed by atoms with Crippen molar-refractivity contribution >= 4 is 5.69 Å². The lowest BCUT2D eigenvalue weighted by molar-refractivity contribution is 0.354. The third-order valence-electron chi connectivity index (χ3n) is 3.20. The largest absolute Gasteiger partial charge is 0.399 e. The van der Waals surface area contributed by atoms with Crippen LogP contribution in [0.1, 0.15) is 17.5 Å². The maximum absolute atomic E-state index is 6.13. The number of aromatic nitrogens is 2. The standard InChI is InChI=1S/C16H16N4O/c17-13-8-4-7-12(10-13)15-19-16(21-20-15)14(18)9-11-5-2-1-3-6-11/h1-8,10,14H,9,17-18H2. The molecule has 3 rings (SSSR count). The van der Waals surface area contributed by atoms with Crippen molar-refractivity contribution in [1.29, 1.82) is 0 Å². The van der Waals surface area contributed by atoms with E-state index in [2.05, 4.69) is 10.1 Å². The predicted molar refractivity (Wildman–Crippen MR) is 81.2 cm³/mol. The lowest BCUT2D eigenvalue weighted by atomic mass is 10.1. The molecule has 0 spiro atoms. The van der Waals surface area contributed by atoms with Crippen LogP contribution >= 0.6 is 0 Å². The SMILES string of the molecule is Nc1cccc(-c2noc(C(N)Cc3ccccc3)n2)c1. The molecule has 0 aliphatic carbocycles. The van der Waals surface area contributed by atoms with Crippen molar-refractivity contribution < 1.29 is 4.52 Å². The first-order valence-corrected chi connectivity index (χ1v) is 6.71. The Morgan fingerprint density at radius 1 is 1.05 bits per heavy atom. The zero-order valence-corrected chi connectivity index (χ0v) is 11.4. The Morgan fingerprint density at radius 2 is 1.86 bits per heavy atom. The van der Waals surface area contributed by atoms with Gasteiger partial charge in [0, 0.05) is 11.3 Å². The van der Waals surface area contributed by atoms with Crippen LogP contribution in [-0.2, 0) is 6.42 Å². The second kappa shape index (κ2) is 5.76. The Bertz CT molecular complexity index is 724. The fourth-order valence-electron chi connectivity index (χ4n) is 2.14. The molecule has 21 heavy (non-hydrogen) atoms. The van der Waals surface area contributed by atoms with Gasteiger partial charge in [0.15, 0.2) is 0 Å². The molecule has 0 amide bonds. The maximum atomic E-state index is 6.13. The van der Waals surface area contributed by atoms with Crippen LogP contribution in [0.2, 0.25) is 0 Å². The van der Waals surface area contributed by atoms with Gasteiger partial charge in [-0.1, -0.05) is 47.6 Å². The summed E-state index contributed by atoms with van der Waals surface area (Å²) in [7, 11) is 0. The minimum atomic E-state index is -0.324. The second-order valence-corrected chi connectivity index (χ2v) is 4.88. The molecular formula is C16H16N4O. The smallest absolute Gasteiger partial charge is 0.244 e. The molecule has 0 saturated heterocycles. The summed E-state index contributed by atoms with van der Waals surface area (Å²) in [6.45, 7) is 0. The van der Waals surface area contributed by atoms with Crippen LogP contribution in [0.5, 0.6) is 0 Å². The lowest BCUT2D eigenvalue weighted by Crippen LogP contribution is -2.13. The number of anilines is 1. The van der Waals surface area contributed by atoms with Crippen LogP contribution < -0.4 is 11.5 Å². The van der Waals surface area contributed by atoms with Gasteiger partial charge in [0.1, 0.15) is 0 Å². The van der Waals surface area contributed by atoms with Gasteiger partial charge in [-0.25, -0.2) is 0 Å². The third kappa shape index (κ3) is 3.09. The Labute approximate surface area is 122 Å². The quantitative estimate of drug-likeness (QED) is 0.717. The van der Waals surface area contributed by atoms with E-state index in [1.807, 2.05) is 48.5 Å². The van der Waals surface area contributed by atoms with E-state index in [-0.39, 0.29) is 6.04 Å². The molecule has 0 aliphatic rings. The molecule has 5 heteroatoms. The Kier molecular flexibility index (Phi) is 3.66. The molecule has 0 bridgehead atoms. The topological polar surface area (TPSA) is 91.0 Å². The molecule has 1 unspecified atom stereocenters.